The van der Waals surface area contributed by atoms with Crippen molar-refractivity contribution in [2.45, 2.75) is 43.4 Å². The Hall–Kier alpha value is -2.89. The number of aryl methyl sites for hydroxylation is 1. The summed E-state index contributed by atoms with van der Waals surface area (Å²) in [6.45, 7) is 3.02. The Kier molecular flexibility index (Phi) is 4.17. The lowest BCUT2D eigenvalue weighted by Crippen LogP contribution is -2.74. The maximum Gasteiger partial charge on any atom is 0.321 e. The van der Waals surface area contributed by atoms with Gasteiger partial charge in [0.15, 0.2) is 5.79 Å². The third kappa shape index (κ3) is 2.59. The molecular formula is C22H24N4O4. The number of urea groups is 1. The van der Waals surface area contributed by atoms with Crippen molar-refractivity contribution < 1.29 is 19.1 Å². The molecule has 2 aliphatic heterocycles. The normalized spacial score (nSPS) is 34.6. The van der Waals surface area contributed by atoms with Crippen LogP contribution in [0.4, 0.5) is 4.79 Å². The van der Waals surface area contributed by atoms with Gasteiger partial charge in [0.1, 0.15) is 5.92 Å². The summed E-state index contributed by atoms with van der Waals surface area (Å²) < 4.78 is 12.0. The van der Waals surface area contributed by atoms with Gasteiger partial charge in [-0.05, 0) is 24.8 Å². The van der Waals surface area contributed by atoms with Crippen molar-refractivity contribution in [2.24, 2.45) is 17.6 Å². The van der Waals surface area contributed by atoms with Crippen molar-refractivity contribution in [1.82, 2.24) is 10.6 Å². The molecule has 2 saturated heterocycles. The third-order valence-corrected chi connectivity index (χ3v) is 7.18. The number of amides is 3. The molecule has 1 aromatic carbocycles. The van der Waals surface area contributed by atoms with Gasteiger partial charge in [-0.2, -0.15) is 5.26 Å². The largest absolute Gasteiger partial charge is 0.400 e. The molecule has 156 valence electrons. The summed E-state index contributed by atoms with van der Waals surface area (Å²) in [5.74, 6) is -2.66. The van der Waals surface area contributed by atoms with Crippen LogP contribution in [0.2, 0.25) is 0 Å². The first kappa shape index (κ1) is 19.1. The van der Waals surface area contributed by atoms with Gasteiger partial charge in [0.25, 0.3) is 0 Å². The summed E-state index contributed by atoms with van der Waals surface area (Å²) >= 11 is 0. The van der Waals surface area contributed by atoms with Crippen LogP contribution >= 0.6 is 0 Å². The maximum absolute atomic E-state index is 12.9. The number of nitrogens with one attached hydrogen (secondary N) is 2. The molecule has 8 heteroatoms. The molecule has 8 nitrogen and oxygen atoms in total. The average Bonchev–Trinajstić information content (AvgIpc) is 3.16. The van der Waals surface area contributed by atoms with Crippen molar-refractivity contribution in [3.8, 4) is 6.07 Å². The summed E-state index contributed by atoms with van der Waals surface area (Å²) in [7, 11) is 0. The number of hydrogen-bond acceptors (Lipinski definition) is 6. The molecule has 5 rings (SSSR count). The van der Waals surface area contributed by atoms with Crippen molar-refractivity contribution in [1.29, 1.82) is 5.26 Å². The molecule has 2 heterocycles. The summed E-state index contributed by atoms with van der Waals surface area (Å²) in [4.78, 5) is 25.3. The van der Waals surface area contributed by atoms with Gasteiger partial charge < -0.3 is 20.5 Å². The van der Waals surface area contributed by atoms with Gasteiger partial charge in [-0.1, -0.05) is 29.8 Å². The van der Waals surface area contributed by atoms with Gasteiger partial charge >= 0.3 is 6.03 Å². The Morgan fingerprint density at radius 3 is 2.53 bits per heavy atom. The summed E-state index contributed by atoms with van der Waals surface area (Å²) in [6, 6.07) is 9.70. The second kappa shape index (κ2) is 6.56. The zero-order chi connectivity index (χ0) is 21.1. The number of carbonyl (C=O) groups excluding carboxylic acids is 2. The van der Waals surface area contributed by atoms with Crippen LogP contribution in [-0.2, 0) is 14.3 Å². The number of allylic oxidation sites excluding steroid dienone is 1. The van der Waals surface area contributed by atoms with Crippen molar-refractivity contribution >= 4 is 11.9 Å². The van der Waals surface area contributed by atoms with E-state index in [-0.39, 0.29) is 17.5 Å². The van der Waals surface area contributed by atoms with E-state index >= 15 is 0 Å². The van der Waals surface area contributed by atoms with Gasteiger partial charge in [0.05, 0.1) is 30.4 Å². The molecule has 4 N–H and O–H groups in total. The number of nitrogens with two attached hydrogens (primary N) is 1. The standard InChI is InChI=1S/C22H24N4O4/c1-12-2-4-13(5-3-12)16-14(11-23)18(24)17-19(27)25-20(28)26-22(17)7-6-21(10-15(16)22)29-8-9-30-21/h2-5,15-17H,6-10,24H2,1H3,(H2,25,26,27,28)/t15-,16+,17-,22-/m0/s1. The first-order chi connectivity index (χ1) is 14.4. The van der Waals surface area contributed by atoms with Crippen LogP contribution in [0.1, 0.15) is 36.3 Å². The van der Waals surface area contributed by atoms with E-state index in [4.69, 9.17) is 15.2 Å². The SMILES string of the molecule is Cc1ccc([C@@H]2C(C#N)=C(N)[C@H]3C(=O)NC(=O)N[C@]34CCC3(C[C@@H]24)OCCO3)cc1. The minimum Gasteiger partial charge on any atom is -0.400 e. The predicted molar refractivity (Wildman–Crippen MR) is 106 cm³/mol. The fourth-order valence-corrected chi connectivity index (χ4v) is 5.88. The van der Waals surface area contributed by atoms with E-state index in [1.165, 1.54) is 0 Å². The van der Waals surface area contributed by atoms with Crippen LogP contribution in [0.25, 0.3) is 0 Å². The summed E-state index contributed by atoms with van der Waals surface area (Å²) in [5, 5.41) is 15.4. The highest BCUT2D eigenvalue weighted by molar-refractivity contribution is 6.01. The summed E-state index contributed by atoms with van der Waals surface area (Å²) in [6.07, 6.45) is 1.49. The zero-order valence-electron chi connectivity index (χ0n) is 16.7. The van der Waals surface area contributed by atoms with E-state index in [1.54, 1.807) is 0 Å². The Labute approximate surface area is 174 Å². The highest BCUT2D eigenvalue weighted by Crippen LogP contribution is 2.58. The minimum atomic E-state index is -0.889. The van der Waals surface area contributed by atoms with Crippen LogP contribution in [0.3, 0.4) is 0 Å². The van der Waals surface area contributed by atoms with Gasteiger partial charge in [0.2, 0.25) is 5.91 Å². The lowest BCUT2D eigenvalue weighted by atomic mass is 9.53. The van der Waals surface area contributed by atoms with E-state index in [2.05, 4.69) is 16.7 Å². The number of nitriles is 1. The topological polar surface area (TPSA) is 126 Å². The smallest absolute Gasteiger partial charge is 0.321 e. The first-order valence-electron chi connectivity index (χ1n) is 10.3. The van der Waals surface area contributed by atoms with E-state index in [0.717, 1.165) is 11.1 Å². The number of nitrogens with zero attached hydrogens (tertiary/aromatic N) is 1. The number of imide groups is 1. The Balaban J connectivity index is 1.72. The quantitative estimate of drug-likeness (QED) is 0.647. The molecule has 0 bridgehead atoms. The van der Waals surface area contributed by atoms with E-state index < -0.39 is 29.2 Å². The molecule has 4 atom stereocenters. The predicted octanol–water partition coefficient (Wildman–Crippen LogP) is 1.57. The van der Waals surface area contributed by atoms with Gasteiger partial charge in [-0.15, -0.1) is 0 Å². The van der Waals surface area contributed by atoms with Gasteiger partial charge in [-0.3, -0.25) is 10.1 Å². The highest BCUT2D eigenvalue weighted by atomic mass is 16.7. The third-order valence-electron chi connectivity index (χ3n) is 7.18. The molecule has 3 amide bonds. The van der Waals surface area contributed by atoms with Crippen molar-refractivity contribution in [2.75, 3.05) is 13.2 Å². The van der Waals surface area contributed by atoms with Gasteiger partial charge in [0, 0.05) is 24.5 Å². The second-order valence-corrected chi connectivity index (χ2v) is 8.70. The minimum absolute atomic E-state index is 0.237. The van der Waals surface area contributed by atoms with Crippen LogP contribution in [0.15, 0.2) is 35.5 Å². The van der Waals surface area contributed by atoms with Crippen LogP contribution in [0.5, 0.6) is 0 Å². The van der Waals surface area contributed by atoms with Gasteiger partial charge in [-0.25, -0.2) is 4.79 Å². The molecule has 30 heavy (non-hydrogen) atoms. The Morgan fingerprint density at radius 2 is 1.87 bits per heavy atom. The zero-order valence-corrected chi connectivity index (χ0v) is 16.7. The second-order valence-electron chi connectivity index (χ2n) is 8.70. The first-order valence-corrected chi connectivity index (χ1v) is 10.3. The lowest BCUT2D eigenvalue weighted by Gasteiger charge is -2.58. The number of rotatable bonds is 1. The van der Waals surface area contributed by atoms with E-state index in [1.807, 2.05) is 31.2 Å². The number of carbonyl (C=O) groups is 2. The molecule has 0 radical (unpaired) electrons. The lowest BCUT2D eigenvalue weighted by molar-refractivity contribution is -0.206. The Bertz CT molecular complexity index is 989. The highest BCUT2D eigenvalue weighted by Gasteiger charge is 2.65. The molecule has 0 unspecified atom stereocenters. The maximum atomic E-state index is 12.9. The fourth-order valence-electron chi connectivity index (χ4n) is 5.88. The fraction of sp³-hybridized carbons (Fsp3) is 0.500. The van der Waals surface area contributed by atoms with Crippen LogP contribution < -0.4 is 16.4 Å². The molecule has 4 aliphatic rings. The number of benzene rings is 1. The van der Waals surface area contributed by atoms with Crippen molar-refractivity contribution in [3.63, 3.8) is 0 Å². The number of ether oxygens (including phenoxy) is 2. The van der Waals surface area contributed by atoms with Crippen molar-refractivity contribution in [3.05, 3.63) is 46.7 Å². The monoisotopic (exact) mass is 408 g/mol. The molecule has 0 aromatic heterocycles. The molecule has 3 fully saturated rings. The average molecular weight is 408 g/mol. The number of hydrogen-bond donors (Lipinski definition) is 3. The summed E-state index contributed by atoms with van der Waals surface area (Å²) in [5.41, 5.74) is 8.23. The van der Waals surface area contributed by atoms with Crippen LogP contribution in [-0.4, -0.2) is 36.5 Å². The Morgan fingerprint density at radius 1 is 1.17 bits per heavy atom. The van der Waals surface area contributed by atoms with E-state index in [9.17, 15) is 14.9 Å². The van der Waals surface area contributed by atoms with E-state index in [0.29, 0.717) is 38.0 Å². The molecule has 1 saturated carbocycles. The molecule has 1 aromatic rings. The molecule has 2 aliphatic carbocycles. The van der Waals surface area contributed by atoms with Crippen LogP contribution in [0, 0.1) is 30.1 Å². The molecule has 2 spiro atoms. The molecular weight excluding hydrogens is 384 g/mol.